The minimum Gasteiger partial charge on any atom is -0.497 e. The first-order valence-electron chi connectivity index (χ1n) is 9.74. The number of piperazine rings is 1. The first kappa shape index (κ1) is 19.0. The van der Waals surface area contributed by atoms with Gasteiger partial charge in [-0.2, -0.15) is 0 Å². The van der Waals surface area contributed by atoms with Gasteiger partial charge in [-0.3, -0.25) is 4.90 Å². The lowest BCUT2D eigenvalue weighted by Crippen LogP contribution is -2.51. The Morgan fingerprint density at radius 2 is 2.12 bits per heavy atom. The Balaban J connectivity index is 1.35. The lowest BCUT2D eigenvalue weighted by atomic mass is 10.1. The van der Waals surface area contributed by atoms with Gasteiger partial charge in [-0.15, -0.1) is 0 Å². The zero-order valence-electron chi connectivity index (χ0n) is 15.8. The number of carbonyl (C=O) groups excluding carboxylic acids is 1. The third-order valence-corrected chi connectivity index (χ3v) is 5.22. The molecule has 144 valence electrons. The van der Waals surface area contributed by atoms with Crippen molar-refractivity contribution in [3.8, 4) is 5.75 Å². The molecular weight excluding hydrogens is 330 g/mol. The van der Waals surface area contributed by atoms with Crippen LogP contribution < -0.4 is 10.1 Å². The molecule has 26 heavy (non-hydrogen) atoms. The Kier molecular flexibility index (Phi) is 7.14. The molecule has 1 aromatic carbocycles. The number of methoxy groups -OCH3 is 1. The van der Waals surface area contributed by atoms with Crippen molar-refractivity contribution in [1.82, 2.24) is 15.1 Å². The number of benzene rings is 1. The summed E-state index contributed by atoms with van der Waals surface area (Å²) >= 11 is 0. The van der Waals surface area contributed by atoms with E-state index in [1.807, 2.05) is 17.0 Å². The molecule has 6 nitrogen and oxygen atoms in total. The maximum atomic E-state index is 12.3. The first-order chi connectivity index (χ1) is 12.7. The van der Waals surface area contributed by atoms with Crippen molar-refractivity contribution in [1.29, 1.82) is 0 Å². The molecule has 0 bridgehead atoms. The van der Waals surface area contributed by atoms with E-state index in [9.17, 15) is 4.79 Å². The average Bonchev–Trinajstić information content (AvgIpc) is 2.69. The van der Waals surface area contributed by atoms with E-state index < -0.39 is 0 Å². The van der Waals surface area contributed by atoms with E-state index in [1.54, 1.807) is 7.11 Å². The highest BCUT2D eigenvalue weighted by molar-refractivity contribution is 5.74. The summed E-state index contributed by atoms with van der Waals surface area (Å²) in [7, 11) is 1.69. The molecule has 1 aromatic rings. The molecule has 2 heterocycles. The molecule has 2 aliphatic rings. The van der Waals surface area contributed by atoms with E-state index in [-0.39, 0.29) is 6.03 Å². The van der Waals surface area contributed by atoms with Crippen LogP contribution >= 0.6 is 0 Å². The average molecular weight is 361 g/mol. The quantitative estimate of drug-likeness (QED) is 0.846. The second-order valence-electron chi connectivity index (χ2n) is 7.12. The molecule has 6 heteroatoms. The molecule has 2 fully saturated rings. The van der Waals surface area contributed by atoms with E-state index in [0.717, 1.165) is 57.9 Å². The highest BCUT2D eigenvalue weighted by atomic mass is 16.5. The highest BCUT2D eigenvalue weighted by Crippen LogP contribution is 2.16. The summed E-state index contributed by atoms with van der Waals surface area (Å²) in [6.45, 7) is 5.81. The van der Waals surface area contributed by atoms with Crippen molar-refractivity contribution < 1.29 is 14.3 Å². The summed E-state index contributed by atoms with van der Waals surface area (Å²) in [5.41, 5.74) is 1.25. The summed E-state index contributed by atoms with van der Waals surface area (Å²) in [5, 5.41) is 3.05. The van der Waals surface area contributed by atoms with E-state index in [1.165, 1.54) is 18.4 Å². The summed E-state index contributed by atoms with van der Waals surface area (Å²) in [6, 6.07) is 8.24. The fraction of sp³-hybridized carbons (Fsp3) is 0.650. The zero-order valence-corrected chi connectivity index (χ0v) is 15.8. The molecule has 1 N–H and O–H groups in total. The van der Waals surface area contributed by atoms with Crippen LogP contribution in [0.25, 0.3) is 0 Å². The topological polar surface area (TPSA) is 54.0 Å². The Morgan fingerprint density at radius 1 is 1.27 bits per heavy atom. The van der Waals surface area contributed by atoms with E-state index in [2.05, 4.69) is 22.3 Å². The number of urea groups is 1. The predicted octanol–water partition coefficient (Wildman–Crippen LogP) is 2.48. The van der Waals surface area contributed by atoms with Crippen molar-refractivity contribution in [2.24, 2.45) is 0 Å². The summed E-state index contributed by atoms with van der Waals surface area (Å²) in [6.07, 6.45) is 4.78. The van der Waals surface area contributed by atoms with Crippen molar-refractivity contribution in [3.05, 3.63) is 29.8 Å². The van der Waals surface area contributed by atoms with Gasteiger partial charge in [0.05, 0.1) is 13.2 Å². The fourth-order valence-electron chi connectivity index (χ4n) is 3.63. The van der Waals surface area contributed by atoms with E-state index in [0.29, 0.717) is 12.6 Å². The predicted molar refractivity (Wildman–Crippen MR) is 101 cm³/mol. The van der Waals surface area contributed by atoms with Gasteiger partial charge in [0, 0.05) is 45.9 Å². The maximum Gasteiger partial charge on any atom is 0.317 e. The van der Waals surface area contributed by atoms with Gasteiger partial charge in [0.2, 0.25) is 0 Å². The molecule has 0 aromatic heterocycles. The van der Waals surface area contributed by atoms with Gasteiger partial charge < -0.3 is 19.7 Å². The molecule has 2 saturated heterocycles. The minimum atomic E-state index is 0.0573. The number of amides is 2. The highest BCUT2D eigenvalue weighted by Gasteiger charge is 2.21. The number of nitrogens with one attached hydrogen (secondary N) is 1. The van der Waals surface area contributed by atoms with Crippen LogP contribution in [0, 0.1) is 0 Å². The van der Waals surface area contributed by atoms with E-state index >= 15 is 0 Å². The largest absolute Gasteiger partial charge is 0.497 e. The monoisotopic (exact) mass is 361 g/mol. The number of hydrogen-bond acceptors (Lipinski definition) is 4. The molecule has 1 atom stereocenters. The lowest BCUT2D eigenvalue weighted by molar-refractivity contribution is 0.0117. The fourth-order valence-corrected chi connectivity index (χ4v) is 3.63. The van der Waals surface area contributed by atoms with Crippen molar-refractivity contribution in [3.63, 3.8) is 0 Å². The maximum absolute atomic E-state index is 12.3. The molecule has 2 amide bonds. The molecule has 0 unspecified atom stereocenters. The Labute approximate surface area is 156 Å². The van der Waals surface area contributed by atoms with Crippen LogP contribution in [0.5, 0.6) is 5.75 Å². The Hall–Kier alpha value is -1.79. The van der Waals surface area contributed by atoms with Crippen LogP contribution in [0.1, 0.15) is 31.2 Å². The van der Waals surface area contributed by atoms with Gasteiger partial charge in [-0.1, -0.05) is 12.1 Å². The smallest absolute Gasteiger partial charge is 0.317 e. The molecule has 0 saturated carbocycles. The van der Waals surface area contributed by atoms with Crippen molar-refractivity contribution in [2.45, 2.75) is 38.3 Å². The third kappa shape index (κ3) is 5.61. The van der Waals surface area contributed by atoms with Gasteiger partial charge in [0.15, 0.2) is 0 Å². The van der Waals surface area contributed by atoms with Crippen molar-refractivity contribution in [2.75, 3.05) is 46.4 Å². The second-order valence-corrected chi connectivity index (χ2v) is 7.12. The van der Waals surface area contributed by atoms with Crippen LogP contribution in [0.2, 0.25) is 0 Å². The number of nitrogens with zero attached hydrogens (tertiary/aromatic N) is 2. The molecule has 0 radical (unpaired) electrons. The minimum absolute atomic E-state index is 0.0573. The van der Waals surface area contributed by atoms with Gasteiger partial charge in [0.25, 0.3) is 0 Å². The molecular formula is C20H31N3O3. The van der Waals surface area contributed by atoms with Crippen LogP contribution in [0.4, 0.5) is 4.79 Å². The van der Waals surface area contributed by atoms with Crippen LogP contribution in [0.3, 0.4) is 0 Å². The van der Waals surface area contributed by atoms with Gasteiger partial charge in [-0.25, -0.2) is 4.79 Å². The number of ether oxygens (including phenoxy) is 2. The summed E-state index contributed by atoms with van der Waals surface area (Å²) in [5.74, 6) is 0.891. The zero-order chi connectivity index (χ0) is 18.2. The van der Waals surface area contributed by atoms with Gasteiger partial charge >= 0.3 is 6.03 Å². The van der Waals surface area contributed by atoms with E-state index in [4.69, 9.17) is 9.47 Å². The van der Waals surface area contributed by atoms with Crippen LogP contribution in [0.15, 0.2) is 24.3 Å². The SMILES string of the molecule is COc1cccc(CN2CCN(C(=O)NCC[C@@H]3CCCCO3)CC2)c1. The molecule has 0 aliphatic carbocycles. The molecule has 3 rings (SSSR count). The summed E-state index contributed by atoms with van der Waals surface area (Å²) in [4.78, 5) is 16.6. The standard InChI is InChI=1S/C20H31N3O3/c1-25-19-7-4-5-17(15-19)16-22-10-12-23(13-11-22)20(24)21-9-8-18-6-2-3-14-26-18/h4-5,7,15,18H,2-3,6,8-14,16H2,1H3,(H,21,24)/t18-/m0/s1. The van der Waals surface area contributed by atoms with Crippen molar-refractivity contribution >= 4 is 6.03 Å². The van der Waals surface area contributed by atoms with Gasteiger partial charge in [0.1, 0.15) is 5.75 Å². The first-order valence-corrected chi connectivity index (χ1v) is 9.74. The normalized spacial score (nSPS) is 21.4. The molecule has 2 aliphatic heterocycles. The Morgan fingerprint density at radius 3 is 2.85 bits per heavy atom. The van der Waals surface area contributed by atoms with Crippen LogP contribution in [-0.2, 0) is 11.3 Å². The number of rotatable bonds is 6. The second kappa shape index (κ2) is 9.78. The third-order valence-electron chi connectivity index (χ3n) is 5.22. The number of hydrogen-bond donors (Lipinski definition) is 1. The number of carbonyl (C=O) groups is 1. The Bertz CT molecular complexity index is 567. The lowest BCUT2D eigenvalue weighted by Gasteiger charge is -2.35. The van der Waals surface area contributed by atoms with Crippen LogP contribution in [-0.4, -0.2) is 68.4 Å². The molecule has 0 spiro atoms. The van der Waals surface area contributed by atoms with Gasteiger partial charge in [-0.05, 0) is 43.4 Å². The summed E-state index contributed by atoms with van der Waals surface area (Å²) < 4.78 is 11.0.